The minimum Gasteiger partial charge on any atom is -0.466 e. The average molecular weight is 482 g/mol. The van der Waals surface area contributed by atoms with E-state index >= 15 is 0 Å². The number of carbonyl (C=O) groups is 2. The molecule has 0 rings (SSSR count). The summed E-state index contributed by atoms with van der Waals surface area (Å²) < 4.78 is 5.06. The lowest BCUT2D eigenvalue weighted by Crippen LogP contribution is -2.25. The van der Waals surface area contributed by atoms with Crippen molar-refractivity contribution in [3.8, 4) is 0 Å². The monoisotopic (exact) mass is 481 g/mol. The van der Waals surface area contributed by atoms with Crippen LogP contribution in [0, 0.1) is 0 Å². The molecule has 0 aliphatic rings. The predicted octanol–water partition coefficient (Wildman–Crippen LogP) is 9.05. The summed E-state index contributed by atoms with van der Waals surface area (Å²) in [6, 6.07) is 0. The lowest BCUT2D eigenvalue weighted by atomic mass is 10.0. The number of amides is 1. The standard InChI is InChI=1S/C30H59NO3/c1-3-5-7-8-9-10-11-12-13-14-15-16-17-18-19-20-21-22-23-24-27-31-29(32)25-26-30(33)34-28-6-4-2/h3-28H2,1-2H3,(H,31,32). The van der Waals surface area contributed by atoms with E-state index in [2.05, 4.69) is 19.2 Å². The highest BCUT2D eigenvalue weighted by atomic mass is 16.5. The van der Waals surface area contributed by atoms with Gasteiger partial charge in [0.15, 0.2) is 0 Å². The zero-order valence-electron chi connectivity index (χ0n) is 23.1. The molecule has 0 aliphatic carbocycles. The van der Waals surface area contributed by atoms with E-state index in [9.17, 15) is 9.59 Å². The molecule has 1 N–H and O–H groups in total. The lowest BCUT2D eigenvalue weighted by Gasteiger charge is -2.06. The molecule has 0 fully saturated rings. The van der Waals surface area contributed by atoms with Gasteiger partial charge in [0.2, 0.25) is 5.91 Å². The first kappa shape index (κ1) is 32.9. The molecule has 4 heteroatoms. The summed E-state index contributed by atoms with van der Waals surface area (Å²) in [5.74, 6) is -0.298. The number of ether oxygens (including phenoxy) is 1. The minimum absolute atomic E-state index is 0.0368. The molecule has 202 valence electrons. The molecule has 1 amide bonds. The van der Waals surface area contributed by atoms with Crippen LogP contribution in [0.5, 0.6) is 0 Å². The molecule has 0 spiro atoms. The molecule has 0 saturated carbocycles. The molecule has 0 atom stereocenters. The van der Waals surface area contributed by atoms with Crippen molar-refractivity contribution in [2.75, 3.05) is 13.2 Å². The number of carbonyl (C=O) groups excluding carboxylic acids is 2. The minimum atomic E-state index is -0.262. The Hall–Kier alpha value is -1.06. The fraction of sp³-hybridized carbons (Fsp3) is 0.933. The normalized spacial score (nSPS) is 11.0. The topological polar surface area (TPSA) is 55.4 Å². The van der Waals surface area contributed by atoms with Crippen LogP contribution in [0.3, 0.4) is 0 Å². The van der Waals surface area contributed by atoms with Gasteiger partial charge in [-0.3, -0.25) is 9.59 Å². The van der Waals surface area contributed by atoms with Gasteiger partial charge in [0.25, 0.3) is 0 Å². The number of hydrogen-bond acceptors (Lipinski definition) is 3. The number of hydrogen-bond donors (Lipinski definition) is 1. The highest BCUT2D eigenvalue weighted by Gasteiger charge is 2.07. The van der Waals surface area contributed by atoms with Crippen LogP contribution in [0.1, 0.15) is 168 Å². The fourth-order valence-corrected chi connectivity index (χ4v) is 4.31. The highest BCUT2D eigenvalue weighted by Crippen LogP contribution is 2.14. The molecule has 0 aromatic heterocycles. The van der Waals surface area contributed by atoms with Crippen molar-refractivity contribution in [2.24, 2.45) is 0 Å². The summed E-state index contributed by atoms with van der Waals surface area (Å²) >= 11 is 0. The molecule has 4 nitrogen and oxygen atoms in total. The quantitative estimate of drug-likeness (QED) is 0.0940. The highest BCUT2D eigenvalue weighted by molar-refractivity contribution is 5.81. The Kier molecular flexibility index (Phi) is 27.3. The number of rotatable bonds is 27. The van der Waals surface area contributed by atoms with Crippen molar-refractivity contribution < 1.29 is 14.3 Å². The van der Waals surface area contributed by atoms with Crippen LogP contribution < -0.4 is 5.32 Å². The first-order valence-electron chi connectivity index (χ1n) is 15.1. The van der Waals surface area contributed by atoms with E-state index < -0.39 is 0 Å². The van der Waals surface area contributed by atoms with Gasteiger partial charge in [-0.15, -0.1) is 0 Å². The summed E-state index contributed by atoms with van der Waals surface area (Å²) in [7, 11) is 0. The molecule has 0 saturated heterocycles. The van der Waals surface area contributed by atoms with Gasteiger partial charge < -0.3 is 10.1 Å². The lowest BCUT2D eigenvalue weighted by molar-refractivity contribution is -0.145. The summed E-state index contributed by atoms with van der Waals surface area (Å²) in [6.45, 7) is 5.54. The fourth-order valence-electron chi connectivity index (χ4n) is 4.31. The van der Waals surface area contributed by atoms with Crippen molar-refractivity contribution in [1.82, 2.24) is 5.32 Å². The summed E-state index contributed by atoms with van der Waals surface area (Å²) in [5, 5.41) is 2.92. The Morgan fingerprint density at radius 1 is 0.500 bits per heavy atom. The van der Waals surface area contributed by atoms with Crippen LogP contribution in [-0.2, 0) is 14.3 Å². The maximum atomic E-state index is 11.8. The van der Waals surface area contributed by atoms with Crippen LogP contribution in [0.4, 0.5) is 0 Å². The van der Waals surface area contributed by atoms with E-state index in [1.165, 1.54) is 122 Å². The predicted molar refractivity (Wildman–Crippen MR) is 146 cm³/mol. The molecular weight excluding hydrogens is 422 g/mol. The Morgan fingerprint density at radius 2 is 0.882 bits per heavy atom. The smallest absolute Gasteiger partial charge is 0.306 e. The number of unbranched alkanes of at least 4 members (excludes halogenated alkanes) is 20. The summed E-state index contributed by atoms with van der Waals surface area (Å²) in [6.07, 6.45) is 29.9. The summed E-state index contributed by atoms with van der Waals surface area (Å²) in [5.41, 5.74) is 0. The average Bonchev–Trinajstić information content (AvgIpc) is 2.84. The molecule has 34 heavy (non-hydrogen) atoms. The molecule has 0 heterocycles. The van der Waals surface area contributed by atoms with Crippen molar-refractivity contribution in [2.45, 2.75) is 168 Å². The second-order valence-electron chi connectivity index (χ2n) is 10.1. The van der Waals surface area contributed by atoms with Gasteiger partial charge in [0.1, 0.15) is 0 Å². The van der Waals surface area contributed by atoms with E-state index in [1.807, 2.05) is 0 Å². The Labute approximate surface area is 212 Å². The van der Waals surface area contributed by atoms with Crippen molar-refractivity contribution in [3.63, 3.8) is 0 Å². The third-order valence-electron chi connectivity index (χ3n) is 6.67. The third kappa shape index (κ3) is 27.2. The van der Waals surface area contributed by atoms with E-state index in [0.29, 0.717) is 6.61 Å². The molecular formula is C30H59NO3. The van der Waals surface area contributed by atoms with Gasteiger partial charge in [-0.25, -0.2) is 0 Å². The van der Waals surface area contributed by atoms with Crippen LogP contribution in [-0.4, -0.2) is 25.0 Å². The van der Waals surface area contributed by atoms with Gasteiger partial charge in [-0.05, 0) is 12.8 Å². The van der Waals surface area contributed by atoms with Gasteiger partial charge in [0, 0.05) is 13.0 Å². The van der Waals surface area contributed by atoms with Gasteiger partial charge in [0.05, 0.1) is 13.0 Å². The Bertz CT molecular complexity index is 439. The van der Waals surface area contributed by atoms with Gasteiger partial charge in [-0.1, -0.05) is 142 Å². The Balaban J connectivity index is 3.17. The SMILES string of the molecule is CCCCCCCCCCCCCCCCCCCCCCNC(=O)CCC(=O)OCCCC. The largest absolute Gasteiger partial charge is 0.466 e. The number of nitrogens with one attached hydrogen (secondary N) is 1. The molecule has 0 aliphatic heterocycles. The zero-order valence-corrected chi connectivity index (χ0v) is 23.1. The van der Waals surface area contributed by atoms with Crippen LogP contribution >= 0.6 is 0 Å². The van der Waals surface area contributed by atoms with E-state index in [4.69, 9.17) is 4.74 Å². The first-order chi connectivity index (χ1) is 16.7. The third-order valence-corrected chi connectivity index (χ3v) is 6.67. The van der Waals surface area contributed by atoms with Crippen molar-refractivity contribution >= 4 is 11.9 Å². The van der Waals surface area contributed by atoms with Crippen LogP contribution in [0.2, 0.25) is 0 Å². The van der Waals surface area contributed by atoms with Crippen molar-refractivity contribution in [3.05, 3.63) is 0 Å². The van der Waals surface area contributed by atoms with Crippen LogP contribution in [0.15, 0.2) is 0 Å². The van der Waals surface area contributed by atoms with E-state index in [0.717, 1.165) is 25.8 Å². The maximum absolute atomic E-state index is 11.8. The summed E-state index contributed by atoms with van der Waals surface area (Å²) in [4.78, 5) is 23.2. The van der Waals surface area contributed by atoms with Gasteiger partial charge >= 0.3 is 5.97 Å². The zero-order chi connectivity index (χ0) is 25.0. The van der Waals surface area contributed by atoms with Crippen LogP contribution in [0.25, 0.3) is 0 Å². The first-order valence-corrected chi connectivity index (χ1v) is 15.1. The molecule has 0 aromatic carbocycles. The molecule has 0 radical (unpaired) electrons. The van der Waals surface area contributed by atoms with Gasteiger partial charge in [-0.2, -0.15) is 0 Å². The molecule has 0 unspecified atom stereocenters. The molecule has 0 aromatic rings. The van der Waals surface area contributed by atoms with Crippen molar-refractivity contribution in [1.29, 1.82) is 0 Å². The number of esters is 1. The maximum Gasteiger partial charge on any atom is 0.306 e. The van der Waals surface area contributed by atoms with E-state index in [1.54, 1.807) is 0 Å². The second-order valence-corrected chi connectivity index (χ2v) is 10.1. The second kappa shape index (κ2) is 28.2. The Morgan fingerprint density at radius 3 is 1.29 bits per heavy atom. The van der Waals surface area contributed by atoms with E-state index in [-0.39, 0.29) is 24.7 Å². The molecule has 0 bridgehead atoms.